The Kier molecular flexibility index (Phi) is 6.25. The number of aromatic nitrogens is 1. The van der Waals surface area contributed by atoms with Crippen LogP contribution in [0.15, 0.2) is 29.6 Å². The van der Waals surface area contributed by atoms with Gasteiger partial charge in [-0.15, -0.1) is 11.3 Å². The minimum Gasteiger partial charge on any atom is -0.355 e. The molecule has 0 saturated heterocycles. The number of benzene rings is 1. The molecule has 1 heterocycles. The normalized spacial score (nSPS) is 10.3. The summed E-state index contributed by atoms with van der Waals surface area (Å²) in [5.74, 6) is -0.217. The molecule has 0 fully saturated rings. The van der Waals surface area contributed by atoms with Crippen LogP contribution in [-0.4, -0.2) is 29.9 Å². The van der Waals surface area contributed by atoms with E-state index in [1.807, 2.05) is 29.6 Å². The van der Waals surface area contributed by atoms with Gasteiger partial charge in [0.05, 0.1) is 12.1 Å². The Labute approximate surface area is 139 Å². The highest BCUT2D eigenvalue weighted by Crippen LogP contribution is 2.24. The third-order valence-corrected chi connectivity index (χ3v) is 4.06. The molecule has 0 aliphatic carbocycles. The van der Waals surface area contributed by atoms with Gasteiger partial charge in [-0.25, -0.2) is 4.98 Å². The molecule has 2 aromatic rings. The first-order chi connectivity index (χ1) is 11.1. The van der Waals surface area contributed by atoms with Gasteiger partial charge in [0.1, 0.15) is 5.01 Å². The van der Waals surface area contributed by atoms with E-state index < -0.39 is 0 Å². The molecule has 23 heavy (non-hydrogen) atoms. The van der Waals surface area contributed by atoms with Gasteiger partial charge in [0.2, 0.25) is 11.8 Å². The number of carbonyl (C=O) groups excluding carboxylic acids is 2. The fraction of sp³-hybridized carbons (Fsp3) is 0.312. The van der Waals surface area contributed by atoms with Crippen molar-refractivity contribution >= 4 is 23.2 Å². The Morgan fingerprint density at radius 3 is 2.78 bits per heavy atom. The van der Waals surface area contributed by atoms with Crippen LogP contribution in [0.5, 0.6) is 0 Å². The van der Waals surface area contributed by atoms with Gasteiger partial charge >= 0.3 is 0 Å². The Hall–Kier alpha value is -2.25. The van der Waals surface area contributed by atoms with E-state index in [-0.39, 0.29) is 18.2 Å². The zero-order valence-electron chi connectivity index (χ0n) is 13.0. The molecule has 2 amide bonds. The summed E-state index contributed by atoms with van der Waals surface area (Å²) in [5.41, 5.74) is 8.45. The SMILES string of the molecule is CC(=O)NCCNC(=O)Cc1csc(-c2cccc(CN)c2)n1. The predicted octanol–water partition coefficient (Wildman–Crippen LogP) is 1.06. The molecule has 0 atom stereocenters. The number of carbonyl (C=O) groups is 2. The van der Waals surface area contributed by atoms with Gasteiger partial charge in [-0.05, 0) is 11.6 Å². The highest BCUT2D eigenvalue weighted by atomic mass is 32.1. The summed E-state index contributed by atoms with van der Waals surface area (Å²) >= 11 is 1.51. The quantitative estimate of drug-likeness (QED) is 0.661. The Bertz CT molecular complexity index is 684. The standard InChI is InChI=1S/C16H20N4O2S/c1-11(21)18-5-6-19-15(22)8-14-10-23-16(20-14)13-4-2-3-12(7-13)9-17/h2-4,7,10H,5-6,8-9,17H2,1H3,(H,18,21)(H,19,22). The molecule has 7 heteroatoms. The molecule has 1 aromatic carbocycles. The van der Waals surface area contributed by atoms with Crippen LogP contribution in [0.4, 0.5) is 0 Å². The minimum atomic E-state index is -0.108. The summed E-state index contributed by atoms with van der Waals surface area (Å²) in [5, 5.41) is 8.13. The van der Waals surface area contributed by atoms with E-state index in [9.17, 15) is 9.59 Å². The van der Waals surface area contributed by atoms with Gasteiger partial charge in [0.15, 0.2) is 0 Å². The van der Waals surface area contributed by atoms with Crippen molar-refractivity contribution in [3.05, 3.63) is 40.9 Å². The van der Waals surface area contributed by atoms with Crippen LogP contribution in [0.25, 0.3) is 10.6 Å². The highest BCUT2D eigenvalue weighted by molar-refractivity contribution is 7.13. The second kappa shape index (κ2) is 8.40. The largest absolute Gasteiger partial charge is 0.355 e. The average molecular weight is 332 g/mol. The van der Waals surface area contributed by atoms with Crippen LogP contribution >= 0.6 is 11.3 Å². The molecule has 2 rings (SSSR count). The zero-order valence-corrected chi connectivity index (χ0v) is 13.8. The summed E-state index contributed by atoms with van der Waals surface area (Å²) in [6.07, 6.45) is 0.229. The molecule has 0 radical (unpaired) electrons. The third-order valence-electron chi connectivity index (χ3n) is 3.12. The number of amides is 2. The number of hydrogen-bond acceptors (Lipinski definition) is 5. The first kappa shape index (κ1) is 17.1. The number of nitrogens with one attached hydrogen (secondary N) is 2. The Balaban J connectivity index is 1.89. The summed E-state index contributed by atoms with van der Waals surface area (Å²) in [7, 11) is 0. The maximum absolute atomic E-state index is 11.8. The number of nitrogens with zero attached hydrogens (tertiary/aromatic N) is 1. The molecular weight excluding hydrogens is 312 g/mol. The molecule has 0 spiro atoms. The average Bonchev–Trinajstić information content (AvgIpc) is 3.00. The number of rotatable bonds is 7. The van der Waals surface area contributed by atoms with Crippen molar-refractivity contribution in [3.63, 3.8) is 0 Å². The van der Waals surface area contributed by atoms with E-state index >= 15 is 0 Å². The Morgan fingerprint density at radius 2 is 2.04 bits per heavy atom. The van der Waals surface area contributed by atoms with E-state index in [2.05, 4.69) is 15.6 Å². The minimum absolute atomic E-state index is 0.108. The molecule has 0 bridgehead atoms. The van der Waals surface area contributed by atoms with E-state index in [0.717, 1.165) is 21.8 Å². The van der Waals surface area contributed by atoms with Gasteiger partial charge in [-0.1, -0.05) is 18.2 Å². The maximum atomic E-state index is 11.8. The van der Waals surface area contributed by atoms with Crippen LogP contribution in [0, 0.1) is 0 Å². The molecule has 4 N–H and O–H groups in total. The van der Waals surface area contributed by atoms with Gasteiger partial charge in [0.25, 0.3) is 0 Å². The van der Waals surface area contributed by atoms with Crippen LogP contribution in [0.2, 0.25) is 0 Å². The molecule has 0 saturated carbocycles. The topological polar surface area (TPSA) is 97.1 Å². The van der Waals surface area contributed by atoms with E-state index in [4.69, 9.17) is 5.73 Å². The van der Waals surface area contributed by atoms with Crippen molar-refractivity contribution in [2.45, 2.75) is 19.9 Å². The van der Waals surface area contributed by atoms with Gasteiger partial charge in [-0.3, -0.25) is 9.59 Å². The molecule has 6 nitrogen and oxygen atoms in total. The second-order valence-corrected chi connectivity index (χ2v) is 5.92. The lowest BCUT2D eigenvalue weighted by molar-refractivity contribution is -0.121. The van der Waals surface area contributed by atoms with Crippen molar-refractivity contribution in [2.75, 3.05) is 13.1 Å². The van der Waals surface area contributed by atoms with Crippen LogP contribution in [0.3, 0.4) is 0 Å². The highest BCUT2D eigenvalue weighted by Gasteiger charge is 2.09. The van der Waals surface area contributed by atoms with E-state index in [1.54, 1.807) is 0 Å². The summed E-state index contributed by atoms with van der Waals surface area (Å²) in [4.78, 5) is 27.0. The van der Waals surface area contributed by atoms with Crippen molar-refractivity contribution in [3.8, 4) is 10.6 Å². The monoisotopic (exact) mass is 332 g/mol. The Morgan fingerprint density at radius 1 is 1.26 bits per heavy atom. The summed E-state index contributed by atoms with van der Waals surface area (Å²) in [6.45, 7) is 2.77. The lowest BCUT2D eigenvalue weighted by Crippen LogP contribution is -2.34. The first-order valence-electron chi connectivity index (χ1n) is 7.33. The van der Waals surface area contributed by atoms with Gasteiger partial charge in [0, 0.05) is 37.5 Å². The fourth-order valence-corrected chi connectivity index (χ4v) is 2.84. The van der Waals surface area contributed by atoms with E-state index in [1.165, 1.54) is 18.3 Å². The maximum Gasteiger partial charge on any atom is 0.226 e. The fourth-order valence-electron chi connectivity index (χ4n) is 2.02. The molecule has 1 aromatic heterocycles. The summed E-state index contributed by atoms with van der Waals surface area (Å²) < 4.78 is 0. The number of nitrogens with two attached hydrogens (primary N) is 1. The second-order valence-electron chi connectivity index (χ2n) is 5.06. The smallest absolute Gasteiger partial charge is 0.226 e. The molecule has 0 aliphatic heterocycles. The van der Waals surface area contributed by atoms with Crippen LogP contribution in [-0.2, 0) is 22.6 Å². The predicted molar refractivity (Wildman–Crippen MR) is 90.8 cm³/mol. The van der Waals surface area contributed by atoms with Gasteiger partial charge in [-0.2, -0.15) is 0 Å². The number of thiazole rings is 1. The van der Waals surface area contributed by atoms with Gasteiger partial charge < -0.3 is 16.4 Å². The van der Waals surface area contributed by atoms with Crippen LogP contribution in [0.1, 0.15) is 18.2 Å². The molecule has 0 aliphatic rings. The summed E-state index contributed by atoms with van der Waals surface area (Å²) in [6, 6.07) is 7.92. The lowest BCUT2D eigenvalue weighted by Gasteiger charge is -2.04. The lowest BCUT2D eigenvalue weighted by atomic mass is 10.1. The molecule has 122 valence electrons. The molecule has 0 unspecified atom stereocenters. The first-order valence-corrected chi connectivity index (χ1v) is 8.21. The van der Waals surface area contributed by atoms with Crippen molar-refractivity contribution in [1.82, 2.24) is 15.6 Å². The van der Waals surface area contributed by atoms with Crippen molar-refractivity contribution < 1.29 is 9.59 Å². The number of hydrogen-bond donors (Lipinski definition) is 3. The zero-order chi connectivity index (χ0) is 16.7. The molecular formula is C16H20N4O2S. The van der Waals surface area contributed by atoms with Crippen LogP contribution < -0.4 is 16.4 Å². The van der Waals surface area contributed by atoms with Crippen molar-refractivity contribution in [1.29, 1.82) is 0 Å². The van der Waals surface area contributed by atoms with Crippen molar-refractivity contribution in [2.24, 2.45) is 5.73 Å². The van der Waals surface area contributed by atoms with E-state index in [0.29, 0.717) is 19.6 Å². The third kappa shape index (κ3) is 5.46.